The fourth-order valence-electron chi connectivity index (χ4n) is 4.22. The van der Waals surface area contributed by atoms with Gasteiger partial charge in [0.2, 0.25) is 5.91 Å². The minimum atomic E-state index is -0.865. The van der Waals surface area contributed by atoms with Crippen molar-refractivity contribution in [1.82, 2.24) is 5.32 Å². The Balaban J connectivity index is 3.91. The third-order valence-corrected chi connectivity index (χ3v) is 6.53. The maximum Gasteiger partial charge on any atom is 0.223 e. The first-order chi connectivity index (χ1) is 17.0. The van der Waals surface area contributed by atoms with Crippen molar-refractivity contribution in [1.29, 1.82) is 0 Å². The first-order valence-corrected chi connectivity index (χ1v) is 14.6. The Bertz CT molecular complexity index is 520. The van der Waals surface area contributed by atoms with E-state index in [1.54, 1.807) is 6.08 Å². The van der Waals surface area contributed by atoms with Gasteiger partial charge in [0.1, 0.15) is 0 Å². The van der Waals surface area contributed by atoms with Crippen LogP contribution in [0.25, 0.3) is 0 Å². The summed E-state index contributed by atoms with van der Waals surface area (Å²) in [5, 5.41) is 32.7. The van der Waals surface area contributed by atoms with Crippen molar-refractivity contribution >= 4 is 5.91 Å². The smallest absolute Gasteiger partial charge is 0.223 e. The second-order valence-corrected chi connectivity index (χ2v) is 10.0. The lowest BCUT2D eigenvalue weighted by molar-refractivity contribution is -0.124. The van der Waals surface area contributed by atoms with Crippen molar-refractivity contribution < 1.29 is 20.1 Å². The molecule has 0 bridgehead atoms. The topological polar surface area (TPSA) is 89.8 Å². The van der Waals surface area contributed by atoms with E-state index in [1.165, 1.54) is 83.5 Å². The van der Waals surface area contributed by atoms with Crippen LogP contribution in [0.2, 0.25) is 0 Å². The van der Waals surface area contributed by atoms with E-state index in [-0.39, 0.29) is 18.9 Å². The van der Waals surface area contributed by atoms with Crippen LogP contribution in [-0.2, 0) is 4.79 Å². The van der Waals surface area contributed by atoms with Gasteiger partial charge in [-0.15, -0.1) is 0 Å². The Labute approximate surface area is 216 Å². The molecule has 1 amide bonds. The Morgan fingerprint density at radius 2 is 1.29 bits per heavy atom. The molecule has 0 saturated heterocycles. The summed E-state index contributed by atoms with van der Waals surface area (Å²) in [6.45, 7) is 4.15. The molecule has 5 heteroatoms. The summed E-state index contributed by atoms with van der Waals surface area (Å²) in [4.78, 5) is 12.2. The quantitative estimate of drug-likeness (QED) is 0.0833. The number of carbonyl (C=O) groups is 1. The van der Waals surface area contributed by atoms with Crippen LogP contribution in [-0.4, -0.2) is 46.1 Å². The number of amides is 1. The molecule has 5 nitrogen and oxygen atoms in total. The lowest BCUT2D eigenvalue weighted by Gasteiger charge is -2.22. The Morgan fingerprint density at radius 1 is 0.743 bits per heavy atom. The highest BCUT2D eigenvalue weighted by Gasteiger charge is 2.21. The maximum absolute atomic E-state index is 12.2. The van der Waals surface area contributed by atoms with Crippen molar-refractivity contribution in [2.45, 2.75) is 154 Å². The van der Waals surface area contributed by atoms with E-state index in [1.807, 2.05) is 6.08 Å². The molecule has 0 spiro atoms. The van der Waals surface area contributed by atoms with E-state index in [0.29, 0.717) is 6.42 Å². The van der Waals surface area contributed by atoms with Crippen LogP contribution in [0.15, 0.2) is 24.3 Å². The molecule has 0 saturated carbocycles. The molecule has 3 atom stereocenters. The van der Waals surface area contributed by atoms with E-state index >= 15 is 0 Å². The number of carbonyl (C=O) groups excluding carboxylic acids is 1. The SMILES string of the molecule is CCCCCCCC/C=C\C/C=C\C(O)CC(=O)NC(CO)C(O)CCCCCCCCCCC. The van der Waals surface area contributed by atoms with E-state index in [2.05, 4.69) is 31.3 Å². The monoisotopic (exact) mass is 495 g/mol. The second-order valence-electron chi connectivity index (χ2n) is 10.0. The summed E-state index contributed by atoms with van der Waals surface area (Å²) in [5.41, 5.74) is 0. The van der Waals surface area contributed by atoms with Gasteiger partial charge in [-0.25, -0.2) is 0 Å². The summed E-state index contributed by atoms with van der Waals surface area (Å²) in [5.74, 6) is -0.356. The van der Waals surface area contributed by atoms with Gasteiger partial charge in [0.25, 0.3) is 0 Å². The standard InChI is InChI=1S/C30H57NO4/c1-3-5-7-9-11-13-14-16-17-19-21-23-27(33)25-30(35)31-28(26-32)29(34)24-22-20-18-15-12-10-8-6-4-2/h16-17,21,23,27-29,32-34H,3-15,18-20,22,24-26H2,1-2H3,(H,31,35)/b17-16-,23-21-. The highest BCUT2D eigenvalue weighted by atomic mass is 16.3. The molecule has 3 unspecified atom stereocenters. The average molecular weight is 496 g/mol. The largest absolute Gasteiger partial charge is 0.394 e. The summed E-state index contributed by atoms with van der Waals surface area (Å²) in [7, 11) is 0. The molecular weight excluding hydrogens is 438 g/mol. The number of aliphatic hydroxyl groups excluding tert-OH is 3. The average Bonchev–Trinajstić information content (AvgIpc) is 2.84. The highest BCUT2D eigenvalue weighted by molar-refractivity contribution is 5.77. The van der Waals surface area contributed by atoms with Gasteiger partial charge in [-0.2, -0.15) is 0 Å². The van der Waals surface area contributed by atoms with Crippen LogP contribution in [0.3, 0.4) is 0 Å². The van der Waals surface area contributed by atoms with Gasteiger partial charge in [-0.1, -0.05) is 128 Å². The Hall–Kier alpha value is -1.17. The normalized spacial score (nSPS) is 14.5. The van der Waals surface area contributed by atoms with Gasteiger partial charge >= 0.3 is 0 Å². The molecule has 35 heavy (non-hydrogen) atoms. The molecule has 4 N–H and O–H groups in total. The molecule has 0 rings (SSSR count). The van der Waals surface area contributed by atoms with Gasteiger partial charge < -0.3 is 20.6 Å². The minimum absolute atomic E-state index is 0.0702. The predicted molar refractivity (Wildman–Crippen MR) is 148 cm³/mol. The molecule has 0 aliphatic carbocycles. The van der Waals surface area contributed by atoms with Crippen molar-refractivity contribution in [2.24, 2.45) is 0 Å². The van der Waals surface area contributed by atoms with Crippen molar-refractivity contribution in [2.75, 3.05) is 6.61 Å². The van der Waals surface area contributed by atoms with Crippen LogP contribution >= 0.6 is 0 Å². The van der Waals surface area contributed by atoms with Gasteiger partial charge in [-0.3, -0.25) is 4.79 Å². The number of allylic oxidation sites excluding steroid dienone is 3. The summed E-state index contributed by atoms with van der Waals surface area (Å²) >= 11 is 0. The van der Waals surface area contributed by atoms with Crippen LogP contribution in [0.4, 0.5) is 0 Å². The zero-order valence-corrected chi connectivity index (χ0v) is 22.9. The van der Waals surface area contributed by atoms with Crippen LogP contribution in [0.1, 0.15) is 136 Å². The molecule has 0 fully saturated rings. The zero-order chi connectivity index (χ0) is 26.0. The van der Waals surface area contributed by atoms with E-state index in [0.717, 1.165) is 25.7 Å². The minimum Gasteiger partial charge on any atom is -0.394 e. The predicted octanol–water partition coefficient (Wildman–Crippen LogP) is 6.75. The first-order valence-electron chi connectivity index (χ1n) is 14.6. The Morgan fingerprint density at radius 3 is 1.86 bits per heavy atom. The number of rotatable bonds is 25. The third kappa shape index (κ3) is 23.0. The molecule has 0 aliphatic rings. The van der Waals surface area contributed by atoms with Gasteiger partial charge in [0, 0.05) is 0 Å². The van der Waals surface area contributed by atoms with Gasteiger partial charge in [0.05, 0.1) is 31.3 Å². The number of hydrogen-bond acceptors (Lipinski definition) is 4. The fraction of sp³-hybridized carbons (Fsp3) is 0.833. The lowest BCUT2D eigenvalue weighted by atomic mass is 10.0. The Kier molecular flexibility index (Phi) is 25.0. The molecule has 0 aromatic rings. The van der Waals surface area contributed by atoms with Crippen molar-refractivity contribution in [3.63, 3.8) is 0 Å². The van der Waals surface area contributed by atoms with E-state index in [9.17, 15) is 20.1 Å². The van der Waals surface area contributed by atoms with Crippen LogP contribution in [0.5, 0.6) is 0 Å². The van der Waals surface area contributed by atoms with Gasteiger partial charge in [-0.05, 0) is 25.7 Å². The summed E-state index contributed by atoms with van der Waals surface area (Å²) in [6.07, 6.45) is 27.2. The molecule has 0 heterocycles. The first kappa shape index (κ1) is 33.8. The second kappa shape index (κ2) is 25.9. The molecule has 0 aliphatic heterocycles. The molecular formula is C30H57NO4. The van der Waals surface area contributed by atoms with Crippen molar-refractivity contribution in [3.8, 4) is 0 Å². The molecule has 206 valence electrons. The summed E-state index contributed by atoms with van der Waals surface area (Å²) < 4.78 is 0. The van der Waals surface area contributed by atoms with Crippen molar-refractivity contribution in [3.05, 3.63) is 24.3 Å². The number of nitrogens with one attached hydrogen (secondary N) is 1. The number of unbranched alkanes of at least 4 members (excludes halogenated alkanes) is 14. The van der Waals surface area contributed by atoms with Gasteiger partial charge in [0.15, 0.2) is 0 Å². The summed E-state index contributed by atoms with van der Waals surface area (Å²) in [6, 6.07) is -0.683. The molecule has 0 aromatic heterocycles. The van der Waals surface area contributed by atoms with E-state index < -0.39 is 18.2 Å². The molecule has 0 radical (unpaired) electrons. The maximum atomic E-state index is 12.2. The fourth-order valence-corrected chi connectivity index (χ4v) is 4.22. The van der Waals surface area contributed by atoms with Crippen LogP contribution in [0, 0.1) is 0 Å². The van der Waals surface area contributed by atoms with Crippen LogP contribution < -0.4 is 5.32 Å². The third-order valence-electron chi connectivity index (χ3n) is 6.53. The van der Waals surface area contributed by atoms with E-state index in [4.69, 9.17) is 0 Å². The number of aliphatic hydroxyl groups is 3. The number of hydrogen-bond donors (Lipinski definition) is 4. The molecule has 0 aromatic carbocycles. The highest BCUT2D eigenvalue weighted by Crippen LogP contribution is 2.13. The lowest BCUT2D eigenvalue weighted by Crippen LogP contribution is -2.46. The zero-order valence-electron chi connectivity index (χ0n) is 22.9.